The van der Waals surface area contributed by atoms with Gasteiger partial charge in [0, 0.05) is 6.61 Å². The molecule has 3 unspecified atom stereocenters. The van der Waals surface area contributed by atoms with Gasteiger partial charge in [0.2, 0.25) is 11.8 Å². The minimum Gasteiger partial charge on any atom is -0.379 e. The number of nitrogens with one attached hydrogen (secondary N) is 1. The van der Waals surface area contributed by atoms with Crippen LogP contribution in [-0.4, -0.2) is 47.6 Å². The summed E-state index contributed by atoms with van der Waals surface area (Å²) in [5.74, 6) is 0.408. The Bertz CT molecular complexity index is 399. The second-order valence-corrected chi connectivity index (χ2v) is 6.36. The van der Waals surface area contributed by atoms with E-state index in [-0.39, 0.29) is 23.4 Å². The summed E-state index contributed by atoms with van der Waals surface area (Å²) in [5.41, 5.74) is -0.334. The Balaban J connectivity index is 1.87. The molecule has 1 aliphatic carbocycles. The monoisotopic (exact) mass is 266 g/mol. The summed E-state index contributed by atoms with van der Waals surface area (Å²) in [6.45, 7) is 5.15. The van der Waals surface area contributed by atoms with Gasteiger partial charge in [0.25, 0.3) is 0 Å². The van der Waals surface area contributed by atoms with E-state index in [0.717, 1.165) is 32.3 Å². The molecule has 0 spiro atoms. The molecule has 5 heteroatoms. The van der Waals surface area contributed by atoms with Gasteiger partial charge in [-0.15, -0.1) is 0 Å². The van der Waals surface area contributed by atoms with Gasteiger partial charge in [-0.3, -0.25) is 9.59 Å². The number of carbonyl (C=O) groups is 2. The molecule has 0 aromatic heterocycles. The molecule has 3 atom stereocenters. The molecule has 5 nitrogen and oxygen atoms in total. The van der Waals surface area contributed by atoms with Crippen molar-refractivity contribution < 1.29 is 14.3 Å². The Labute approximate surface area is 113 Å². The molecule has 0 aromatic rings. The molecule has 2 amide bonds. The third-order valence-electron chi connectivity index (χ3n) is 4.66. The maximum Gasteiger partial charge on any atom is 0.246 e. The first-order chi connectivity index (χ1) is 9.03. The van der Waals surface area contributed by atoms with Crippen molar-refractivity contribution in [3.8, 4) is 0 Å². The highest BCUT2D eigenvalue weighted by atomic mass is 16.5. The van der Waals surface area contributed by atoms with Gasteiger partial charge in [0.1, 0.15) is 12.1 Å². The molecule has 2 heterocycles. The molecular formula is C14H22N2O3. The molecule has 2 aliphatic heterocycles. The van der Waals surface area contributed by atoms with Crippen molar-refractivity contribution in [1.82, 2.24) is 10.2 Å². The average Bonchev–Trinajstić information content (AvgIpc) is 3.19. The molecule has 3 aliphatic rings. The summed E-state index contributed by atoms with van der Waals surface area (Å²) in [7, 11) is 0. The van der Waals surface area contributed by atoms with Gasteiger partial charge in [-0.05, 0) is 45.4 Å². The highest BCUT2D eigenvalue weighted by Crippen LogP contribution is 2.38. The van der Waals surface area contributed by atoms with Crippen LogP contribution in [0.25, 0.3) is 0 Å². The van der Waals surface area contributed by atoms with Gasteiger partial charge < -0.3 is 15.0 Å². The van der Waals surface area contributed by atoms with E-state index in [4.69, 9.17) is 4.74 Å². The van der Waals surface area contributed by atoms with Crippen LogP contribution in [0.5, 0.6) is 0 Å². The fourth-order valence-electron chi connectivity index (χ4n) is 3.39. The molecule has 1 N–H and O–H groups in total. The van der Waals surface area contributed by atoms with Crippen molar-refractivity contribution in [2.45, 2.75) is 57.2 Å². The zero-order valence-corrected chi connectivity index (χ0v) is 11.6. The van der Waals surface area contributed by atoms with Crippen LogP contribution in [0, 0.1) is 5.92 Å². The van der Waals surface area contributed by atoms with E-state index in [1.54, 1.807) is 4.90 Å². The lowest BCUT2D eigenvalue weighted by Gasteiger charge is -2.49. The van der Waals surface area contributed by atoms with Crippen LogP contribution in [0.2, 0.25) is 0 Å². The van der Waals surface area contributed by atoms with Crippen LogP contribution < -0.4 is 5.32 Å². The third-order valence-corrected chi connectivity index (χ3v) is 4.66. The van der Waals surface area contributed by atoms with Crippen LogP contribution >= 0.6 is 0 Å². The fraction of sp³-hybridized carbons (Fsp3) is 0.857. The Morgan fingerprint density at radius 2 is 2.11 bits per heavy atom. The summed E-state index contributed by atoms with van der Waals surface area (Å²) in [5, 5.41) is 2.89. The molecule has 0 radical (unpaired) electrons. The van der Waals surface area contributed by atoms with Crippen LogP contribution in [0.4, 0.5) is 0 Å². The SMILES string of the molecule is CC1C(=O)NC(C2CC2)C(=O)N1C1(C)CCCOC1. The Morgan fingerprint density at radius 3 is 2.68 bits per heavy atom. The van der Waals surface area contributed by atoms with Crippen molar-refractivity contribution >= 4 is 11.8 Å². The maximum atomic E-state index is 12.7. The summed E-state index contributed by atoms with van der Waals surface area (Å²) < 4.78 is 5.56. The molecule has 1 saturated carbocycles. The van der Waals surface area contributed by atoms with E-state index in [1.807, 2.05) is 13.8 Å². The number of carbonyl (C=O) groups excluding carboxylic acids is 2. The van der Waals surface area contributed by atoms with Crippen LogP contribution in [0.1, 0.15) is 39.5 Å². The van der Waals surface area contributed by atoms with Gasteiger partial charge in [0.05, 0.1) is 12.1 Å². The number of hydrogen-bond acceptors (Lipinski definition) is 3. The van der Waals surface area contributed by atoms with Crippen molar-refractivity contribution in [2.24, 2.45) is 5.92 Å². The molecule has 0 aromatic carbocycles. The minimum atomic E-state index is -0.394. The first-order valence-corrected chi connectivity index (χ1v) is 7.24. The van der Waals surface area contributed by atoms with Crippen LogP contribution in [-0.2, 0) is 14.3 Å². The van der Waals surface area contributed by atoms with Gasteiger partial charge in [-0.1, -0.05) is 0 Å². The number of ether oxygens (including phenoxy) is 1. The van der Waals surface area contributed by atoms with E-state index >= 15 is 0 Å². The van der Waals surface area contributed by atoms with Crippen molar-refractivity contribution in [2.75, 3.05) is 13.2 Å². The van der Waals surface area contributed by atoms with Crippen molar-refractivity contribution in [1.29, 1.82) is 0 Å². The van der Waals surface area contributed by atoms with Gasteiger partial charge in [-0.25, -0.2) is 0 Å². The van der Waals surface area contributed by atoms with Crippen LogP contribution in [0.15, 0.2) is 0 Å². The van der Waals surface area contributed by atoms with Crippen molar-refractivity contribution in [3.05, 3.63) is 0 Å². The van der Waals surface area contributed by atoms with E-state index in [9.17, 15) is 9.59 Å². The molecule has 19 heavy (non-hydrogen) atoms. The number of piperazine rings is 1. The van der Waals surface area contributed by atoms with Crippen LogP contribution in [0.3, 0.4) is 0 Å². The quantitative estimate of drug-likeness (QED) is 0.799. The maximum absolute atomic E-state index is 12.7. The number of nitrogens with zero attached hydrogens (tertiary/aromatic N) is 1. The molecule has 3 fully saturated rings. The van der Waals surface area contributed by atoms with Crippen molar-refractivity contribution in [3.63, 3.8) is 0 Å². The Hall–Kier alpha value is -1.10. The third kappa shape index (κ3) is 2.14. The Kier molecular flexibility index (Phi) is 3.04. The zero-order valence-electron chi connectivity index (χ0n) is 11.6. The normalized spacial score (nSPS) is 40.2. The number of amides is 2. The van der Waals surface area contributed by atoms with Gasteiger partial charge >= 0.3 is 0 Å². The Morgan fingerprint density at radius 1 is 1.37 bits per heavy atom. The molecule has 106 valence electrons. The second-order valence-electron chi connectivity index (χ2n) is 6.36. The molecule has 3 rings (SSSR count). The predicted octanol–water partition coefficient (Wildman–Crippen LogP) is 0.681. The average molecular weight is 266 g/mol. The zero-order chi connectivity index (χ0) is 13.6. The van der Waals surface area contributed by atoms with E-state index in [1.165, 1.54) is 0 Å². The molecular weight excluding hydrogens is 244 g/mol. The smallest absolute Gasteiger partial charge is 0.246 e. The number of hydrogen-bond donors (Lipinski definition) is 1. The lowest BCUT2D eigenvalue weighted by atomic mass is 9.88. The predicted molar refractivity (Wildman–Crippen MR) is 69.4 cm³/mol. The first-order valence-electron chi connectivity index (χ1n) is 7.24. The highest BCUT2D eigenvalue weighted by molar-refractivity contribution is 5.97. The molecule has 0 bridgehead atoms. The lowest BCUT2D eigenvalue weighted by Crippen LogP contribution is -2.70. The topological polar surface area (TPSA) is 58.6 Å². The summed E-state index contributed by atoms with van der Waals surface area (Å²) in [6, 6.07) is -0.698. The first kappa shape index (κ1) is 12.9. The standard InChI is InChI=1S/C14H22N2O3/c1-9-12(17)15-11(10-4-5-10)13(18)16(9)14(2)6-3-7-19-8-14/h9-11H,3-8H2,1-2H3,(H,15,17). The fourth-order valence-corrected chi connectivity index (χ4v) is 3.39. The summed E-state index contributed by atoms with van der Waals surface area (Å²) in [6.07, 6.45) is 3.95. The van der Waals surface area contributed by atoms with E-state index in [2.05, 4.69) is 5.32 Å². The van der Waals surface area contributed by atoms with E-state index < -0.39 is 6.04 Å². The minimum absolute atomic E-state index is 0.0247. The summed E-state index contributed by atoms with van der Waals surface area (Å²) in [4.78, 5) is 26.7. The van der Waals surface area contributed by atoms with E-state index in [0.29, 0.717) is 12.5 Å². The lowest BCUT2D eigenvalue weighted by molar-refractivity contribution is -0.162. The van der Waals surface area contributed by atoms with Gasteiger partial charge in [-0.2, -0.15) is 0 Å². The van der Waals surface area contributed by atoms with Gasteiger partial charge in [0.15, 0.2) is 0 Å². The number of rotatable bonds is 2. The molecule has 2 saturated heterocycles. The second kappa shape index (κ2) is 4.47. The highest BCUT2D eigenvalue weighted by Gasteiger charge is 2.51. The summed E-state index contributed by atoms with van der Waals surface area (Å²) >= 11 is 0. The largest absolute Gasteiger partial charge is 0.379 e.